The van der Waals surface area contributed by atoms with E-state index in [2.05, 4.69) is 20.2 Å². The van der Waals surface area contributed by atoms with E-state index in [1.165, 1.54) is 5.56 Å². The number of rotatable bonds is 4. The zero-order valence-electron chi connectivity index (χ0n) is 14.5. The number of carbonyl (C=O) groups excluding carboxylic acids is 1. The summed E-state index contributed by atoms with van der Waals surface area (Å²) in [5.41, 5.74) is 2.60. The summed E-state index contributed by atoms with van der Waals surface area (Å²) >= 11 is 0. The molecular weight excluding hydrogens is 328 g/mol. The van der Waals surface area contributed by atoms with Crippen molar-refractivity contribution in [3.63, 3.8) is 0 Å². The molecule has 3 heterocycles. The number of aliphatic hydroxyl groups excluding tert-OH is 1. The number of hydrogen-bond acceptors (Lipinski definition) is 4. The third-order valence-electron chi connectivity index (χ3n) is 4.89. The summed E-state index contributed by atoms with van der Waals surface area (Å²) in [7, 11) is 0. The molecule has 2 aromatic heterocycles. The molecule has 0 spiro atoms. The Morgan fingerprint density at radius 1 is 1.19 bits per heavy atom. The van der Waals surface area contributed by atoms with E-state index in [-0.39, 0.29) is 12.0 Å². The fourth-order valence-electron chi connectivity index (χ4n) is 3.35. The van der Waals surface area contributed by atoms with Gasteiger partial charge in [-0.05, 0) is 42.7 Å². The predicted octanol–water partition coefficient (Wildman–Crippen LogP) is 2.77. The van der Waals surface area contributed by atoms with Crippen molar-refractivity contribution < 1.29 is 9.90 Å². The summed E-state index contributed by atoms with van der Waals surface area (Å²) in [6.45, 7) is 2.67. The van der Waals surface area contributed by atoms with Crippen molar-refractivity contribution in [3.8, 4) is 0 Å². The first kappa shape index (κ1) is 16.8. The Morgan fingerprint density at radius 3 is 2.73 bits per heavy atom. The highest BCUT2D eigenvalue weighted by Crippen LogP contribution is 2.20. The van der Waals surface area contributed by atoms with Crippen LogP contribution in [0, 0.1) is 0 Å². The molecule has 6 nitrogen and oxygen atoms in total. The van der Waals surface area contributed by atoms with Crippen LogP contribution in [0.25, 0.3) is 10.9 Å². The number of aromatic nitrogens is 2. The van der Waals surface area contributed by atoms with Crippen LogP contribution in [0.1, 0.15) is 28.8 Å². The van der Waals surface area contributed by atoms with Gasteiger partial charge in [-0.25, -0.2) is 4.98 Å². The maximum Gasteiger partial charge on any atom is 0.256 e. The molecule has 0 aliphatic carbocycles. The SMILES string of the molecule is O=C(Nc1nccc2cc[nH]c12)c1ccc(CN2CCC(O)CC2)cc1. The minimum atomic E-state index is -0.174. The number of pyridine rings is 1. The number of aromatic amines is 1. The van der Waals surface area contributed by atoms with Gasteiger partial charge in [0.1, 0.15) is 0 Å². The molecule has 0 bridgehead atoms. The molecule has 6 heteroatoms. The van der Waals surface area contributed by atoms with Gasteiger partial charge in [0.25, 0.3) is 5.91 Å². The first-order valence-corrected chi connectivity index (χ1v) is 8.92. The monoisotopic (exact) mass is 350 g/mol. The summed E-state index contributed by atoms with van der Waals surface area (Å²) in [6.07, 6.45) is 5.02. The van der Waals surface area contributed by atoms with Gasteiger partial charge < -0.3 is 15.4 Å². The maximum absolute atomic E-state index is 12.5. The van der Waals surface area contributed by atoms with Gasteiger partial charge in [0.2, 0.25) is 0 Å². The van der Waals surface area contributed by atoms with Crippen molar-refractivity contribution in [2.24, 2.45) is 0 Å². The van der Waals surface area contributed by atoms with Crippen molar-refractivity contribution in [1.82, 2.24) is 14.9 Å². The summed E-state index contributed by atoms with van der Waals surface area (Å²) in [6, 6.07) is 11.5. The molecule has 1 aliphatic rings. The second kappa shape index (κ2) is 7.27. The topological polar surface area (TPSA) is 81.2 Å². The third kappa shape index (κ3) is 3.61. The maximum atomic E-state index is 12.5. The number of H-pyrrole nitrogens is 1. The minimum Gasteiger partial charge on any atom is -0.393 e. The molecule has 3 N–H and O–H groups in total. The van der Waals surface area contributed by atoms with E-state index in [1.54, 1.807) is 6.20 Å². The van der Waals surface area contributed by atoms with Crippen LogP contribution in [0.15, 0.2) is 48.8 Å². The molecular formula is C20H22N4O2. The summed E-state index contributed by atoms with van der Waals surface area (Å²) in [5.74, 6) is 0.362. The highest BCUT2D eigenvalue weighted by atomic mass is 16.3. The van der Waals surface area contributed by atoms with Crippen molar-refractivity contribution in [2.75, 3.05) is 18.4 Å². The van der Waals surface area contributed by atoms with Gasteiger partial charge in [0, 0.05) is 43.0 Å². The molecule has 3 aromatic rings. The number of piperidine rings is 1. The molecule has 1 amide bonds. The van der Waals surface area contributed by atoms with Gasteiger partial charge in [-0.3, -0.25) is 9.69 Å². The Morgan fingerprint density at radius 2 is 1.96 bits per heavy atom. The zero-order valence-corrected chi connectivity index (χ0v) is 14.5. The van der Waals surface area contributed by atoms with Crippen LogP contribution in [-0.4, -0.2) is 45.1 Å². The number of hydrogen-bond donors (Lipinski definition) is 3. The lowest BCUT2D eigenvalue weighted by atomic mass is 10.1. The molecule has 1 fully saturated rings. The van der Waals surface area contributed by atoms with E-state index >= 15 is 0 Å². The summed E-state index contributed by atoms with van der Waals surface area (Å²) in [5, 5.41) is 13.5. The number of fused-ring (bicyclic) bond motifs is 1. The fraction of sp³-hybridized carbons (Fsp3) is 0.300. The molecule has 0 atom stereocenters. The Bertz CT molecular complexity index is 896. The molecule has 1 saturated heterocycles. The predicted molar refractivity (Wildman–Crippen MR) is 101 cm³/mol. The standard InChI is InChI=1S/C20H22N4O2/c25-17-7-11-24(12-8-17)13-14-1-3-16(4-2-14)20(26)23-19-18-15(5-9-21-18)6-10-22-19/h1-6,9-10,17,21,25H,7-8,11-13H2,(H,22,23,26). The summed E-state index contributed by atoms with van der Waals surface area (Å²) < 4.78 is 0. The van der Waals surface area contributed by atoms with Crippen molar-refractivity contribution >= 4 is 22.6 Å². The van der Waals surface area contributed by atoms with Gasteiger partial charge in [-0.2, -0.15) is 0 Å². The Hall–Kier alpha value is -2.70. The van der Waals surface area contributed by atoms with Gasteiger partial charge in [0.15, 0.2) is 5.82 Å². The second-order valence-corrected chi connectivity index (χ2v) is 6.76. The number of amides is 1. The van der Waals surface area contributed by atoms with Crippen molar-refractivity contribution in [1.29, 1.82) is 0 Å². The fourth-order valence-corrected chi connectivity index (χ4v) is 3.35. The first-order valence-electron chi connectivity index (χ1n) is 8.92. The molecule has 1 aromatic carbocycles. The minimum absolute atomic E-state index is 0.157. The Labute approximate surface area is 151 Å². The summed E-state index contributed by atoms with van der Waals surface area (Å²) in [4.78, 5) is 22.2. The van der Waals surface area contributed by atoms with Crippen LogP contribution in [-0.2, 0) is 6.54 Å². The Balaban J connectivity index is 1.41. The van der Waals surface area contributed by atoms with E-state index in [9.17, 15) is 9.90 Å². The number of aliphatic hydroxyl groups is 1. The third-order valence-corrected chi connectivity index (χ3v) is 4.89. The van der Waals surface area contributed by atoms with Crippen LogP contribution in [0.2, 0.25) is 0 Å². The van der Waals surface area contributed by atoms with E-state index in [0.717, 1.165) is 43.4 Å². The molecule has 0 unspecified atom stereocenters. The van der Waals surface area contributed by atoms with Gasteiger partial charge in [-0.1, -0.05) is 12.1 Å². The van der Waals surface area contributed by atoms with E-state index in [1.807, 2.05) is 42.6 Å². The number of carbonyl (C=O) groups is 1. The number of benzene rings is 1. The Kier molecular flexibility index (Phi) is 4.69. The van der Waals surface area contributed by atoms with E-state index < -0.39 is 0 Å². The van der Waals surface area contributed by atoms with Crippen molar-refractivity contribution in [3.05, 3.63) is 59.9 Å². The average Bonchev–Trinajstić information content (AvgIpc) is 3.14. The van der Waals surface area contributed by atoms with Crippen LogP contribution in [0.5, 0.6) is 0 Å². The van der Waals surface area contributed by atoms with Crippen molar-refractivity contribution in [2.45, 2.75) is 25.5 Å². The molecule has 1 aliphatic heterocycles. The van der Waals surface area contributed by atoms with Gasteiger partial charge in [-0.15, -0.1) is 0 Å². The molecule has 134 valence electrons. The molecule has 4 rings (SSSR count). The molecule has 0 radical (unpaired) electrons. The zero-order chi connectivity index (χ0) is 17.9. The van der Waals surface area contributed by atoms with Crippen LogP contribution < -0.4 is 5.32 Å². The molecule has 0 saturated carbocycles. The number of anilines is 1. The van der Waals surface area contributed by atoms with E-state index in [0.29, 0.717) is 11.4 Å². The van der Waals surface area contributed by atoms with Gasteiger partial charge >= 0.3 is 0 Å². The van der Waals surface area contributed by atoms with Gasteiger partial charge in [0.05, 0.1) is 11.6 Å². The highest BCUT2D eigenvalue weighted by Gasteiger charge is 2.17. The van der Waals surface area contributed by atoms with Crippen LogP contribution in [0.4, 0.5) is 5.82 Å². The number of nitrogens with zero attached hydrogens (tertiary/aromatic N) is 2. The number of nitrogens with one attached hydrogen (secondary N) is 2. The molecule has 26 heavy (non-hydrogen) atoms. The quantitative estimate of drug-likeness (QED) is 0.676. The lowest BCUT2D eigenvalue weighted by Crippen LogP contribution is -2.35. The van der Waals surface area contributed by atoms with Crippen LogP contribution >= 0.6 is 0 Å². The lowest BCUT2D eigenvalue weighted by molar-refractivity contribution is 0.0792. The smallest absolute Gasteiger partial charge is 0.256 e. The lowest BCUT2D eigenvalue weighted by Gasteiger charge is -2.29. The normalized spacial score (nSPS) is 16.0. The van der Waals surface area contributed by atoms with Crippen LogP contribution in [0.3, 0.4) is 0 Å². The average molecular weight is 350 g/mol. The second-order valence-electron chi connectivity index (χ2n) is 6.76. The van der Waals surface area contributed by atoms with E-state index in [4.69, 9.17) is 0 Å². The number of likely N-dealkylation sites (tertiary alicyclic amines) is 1. The largest absolute Gasteiger partial charge is 0.393 e. The first-order chi connectivity index (χ1) is 12.7. The highest BCUT2D eigenvalue weighted by molar-refractivity contribution is 6.07.